The minimum atomic E-state index is -0.439. The van der Waals surface area contributed by atoms with Crippen molar-refractivity contribution in [1.29, 1.82) is 0 Å². The van der Waals surface area contributed by atoms with Gasteiger partial charge in [-0.2, -0.15) is 0 Å². The Balaban J connectivity index is 1.12. The van der Waals surface area contributed by atoms with Crippen molar-refractivity contribution in [2.75, 3.05) is 18.4 Å². The van der Waals surface area contributed by atoms with Gasteiger partial charge >= 0.3 is 12.1 Å². The molecule has 0 radical (unpaired) electrons. The number of ether oxygens (including phenoxy) is 2. The number of benzene rings is 3. The fourth-order valence-electron chi connectivity index (χ4n) is 4.80. The molecule has 3 aromatic carbocycles. The second kappa shape index (κ2) is 16.0. The van der Waals surface area contributed by atoms with E-state index in [-0.39, 0.29) is 43.9 Å². The van der Waals surface area contributed by atoms with E-state index in [0.29, 0.717) is 23.7 Å². The minimum absolute atomic E-state index is 0.0576. The summed E-state index contributed by atoms with van der Waals surface area (Å²) in [5, 5.41) is 8.48. The van der Waals surface area contributed by atoms with E-state index >= 15 is 0 Å². The molecule has 0 aliphatic heterocycles. The number of carbonyl (C=O) groups is 4. The molecule has 9 heteroatoms. The van der Waals surface area contributed by atoms with Gasteiger partial charge in [0.1, 0.15) is 13.2 Å². The molecule has 220 valence electrons. The highest BCUT2D eigenvalue weighted by molar-refractivity contribution is 5.97. The third-order valence-corrected chi connectivity index (χ3v) is 7.21. The largest absolute Gasteiger partial charge is 0.461 e. The van der Waals surface area contributed by atoms with E-state index in [1.165, 1.54) is 0 Å². The molecule has 3 amide bonds. The number of nitrogens with one attached hydrogen (secondary N) is 3. The SMILES string of the molecule is O=C(CCNC(=O)c1cccc(NC(=O)C2CCC(CNC(=O)OCc3ccccc3)CC2)c1)OCc1ccccc1. The molecule has 0 bridgehead atoms. The average Bonchev–Trinajstić information content (AvgIpc) is 3.03. The van der Waals surface area contributed by atoms with Crippen LogP contribution >= 0.6 is 0 Å². The van der Waals surface area contributed by atoms with Crippen molar-refractivity contribution < 1.29 is 28.7 Å². The molecular formula is C33H37N3O6. The van der Waals surface area contributed by atoms with Gasteiger partial charge < -0.3 is 25.4 Å². The zero-order chi connectivity index (χ0) is 29.6. The Bertz CT molecular complexity index is 1320. The number of alkyl carbamates (subject to hydrolysis) is 1. The van der Waals surface area contributed by atoms with Crippen molar-refractivity contribution in [1.82, 2.24) is 10.6 Å². The highest BCUT2D eigenvalue weighted by atomic mass is 16.5. The number of amides is 3. The van der Waals surface area contributed by atoms with Crippen molar-refractivity contribution >= 4 is 29.6 Å². The summed E-state index contributed by atoms with van der Waals surface area (Å²) >= 11 is 0. The lowest BCUT2D eigenvalue weighted by Gasteiger charge is -2.27. The first-order valence-electron chi connectivity index (χ1n) is 14.3. The zero-order valence-electron chi connectivity index (χ0n) is 23.6. The predicted molar refractivity (Wildman–Crippen MR) is 158 cm³/mol. The molecule has 42 heavy (non-hydrogen) atoms. The van der Waals surface area contributed by atoms with Gasteiger partial charge in [0.05, 0.1) is 6.42 Å². The van der Waals surface area contributed by atoms with Gasteiger partial charge in [0.25, 0.3) is 5.91 Å². The Kier molecular flexibility index (Phi) is 11.5. The molecule has 0 aromatic heterocycles. The lowest BCUT2D eigenvalue weighted by Crippen LogP contribution is -2.34. The number of carbonyl (C=O) groups excluding carboxylic acids is 4. The molecule has 1 aliphatic rings. The molecular weight excluding hydrogens is 534 g/mol. The van der Waals surface area contributed by atoms with Crippen LogP contribution in [-0.4, -0.2) is 37.0 Å². The molecule has 0 spiro atoms. The van der Waals surface area contributed by atoms with E-state index in [9.17, 15) is 19.2 Å². The number of hydrogen-bond donors (Lipinski definition) is 3. The number of esters is 1. The van der Waals surface area contributed by atoms with Gasteiger partial charge in [-0.15, -0.1) is 0 Å². The quantitative estimate of drug-likeness (QED) is 0.256. The van der Waals surface area contributed by atoms with Crippen LogP contribution in [0.4, 0.5) is 10.5 Å². The van der Waals surface area contributed by atoms with Crippen LogP contribution in [0.2, 0.25) is 0 Å². The Morgan fingerprint density at radius 3 is 2.02 bits per heavy atom. The highest BCUT2D eigenvalue weighted by Crippen LogP contribution is 2.29. The normalized spacial score (nSPS) is 16.1. The van der Waals surface area contributed by atoms with E-state index < -0.39 is 12.1 Å². The van der Waals surface area contributed by atoms with Crippen molar-refractivity contribution in [3.63, 3.8) is 0 Å². The molecule has 3 N–H and O–H groups in total. The third-order valence-electron chi connectivity index (χ3n) is 7.21. The van der Waals surface area contributed by atoms with Crippen LogP contribution in [-0.2, 0) is 32.3 Å². The smallest absolute Gasteiger partial charge is 0.407 e. The summed E-state index contributed by atoms with van der Waals surface area (Å²) in [6, 6.07) is 25.6. The van der Waals surface area contributed by atoms with Crippen LogP contribution in [0.25, 0.3) is 0 Å². The molecule has 1 saturated carbocycles. The Hall–Kier alpha value is -4.66. The summed E-state index contributed by atoms with van der Waals surface area (Å²) in [7, 11) is 0. The molecule has 0 atom stereocenters. The molecule has 0 saturated heterocycles. The third kappa shape index (κ3) is 10.1. The van der Waals surface area contributed by atoms with Crippen LogP contribution in [0.5, 0.6) is 0 Å². The lowest BCUT2D eigenvalue weighted by molar-refractivity contribution is -0.144. The summed E-state index contributed by atoms with van der Waals surface area (Å²) in [5.41, 5.74) is 2.76. The molecule has 1 fully saturated rings. The van der Waals surface area contributed by atoms with E-state index in [2.05, 4.69) is 16.0 Å². The van der Waals surface area contributed by atoms with Gasteiger partial charge in [-0.3, -0.25) is 14.4 Å². The molecule has 0 heterocycles. The van der Waals surface area contributed by atoms with Crippen LogP contribution in [0, 0.1) is 11.8 Å². The first kappa shape index (κ1) is 30.3. The molecule has 9 nitrogen and oxygen atoms in total. The number of rotatable bonds is 12. The van der Waals surface area contributed by atoms with Gasteiger partial charge in [0.15, 0.2) is 0 Å². The summed E-state index contributed by atoms with van der Waals surface area (Å²) in [4.78, 5) is 49.5. The topological polar surface area (TPSA) is 123 Å². The highest BCUT2D eigenvalue weighted by Gasteiger charge is 2.27. The average molecular weight is 572 g/mol. The van der Waals surface area contributed by atoms with Crippen molar-refractivity contribution in [2.24, 2.45) is 11.8 Å². The van der Waals surface area contributed by atoms with Gasteiger partial charge in [-0.1, -0.05) is 66.7 Å². The molecule has 1 aliphatic carbocycles. The molecule has 3 aromatic rings. The maximum Gasteiger partial charge on any atom is 0.407 e. The summed E-state index contributed by atoms with van der Waals surface area (Å²) in [5.74, 6) is -0.653. The maximum absolute atomic E-state index is 12.9. The van der Waals surface area contributed by atoms with Gasteiger partial charge in [0, 0.05) is 30.3 Å². The van der Waals surface area contributed by atoms with Crippen LogP contribution < -0.4 is 16.0 Å². The Labute approximate surface area is 246 Å². The maximum atomic E-state index is 12.9. The summed E-state index contributed by atoms with van der Waals surface area (Å²) in [6.07, 6.45) is 2.71. The first-order chi connectivity index (χ1) is 20.5. The predicted octanol–water partition coefficient (Wildman–Crippen LogP) is 5.22. The fourth-order valence-corrected chi connectivity index (χ4v) is 4.80. The molecule has 4 rings (SSSR count). The lowest BCUT2D eigenvalue weighted by atomic mass is 9.81. The van der Waals surface area contributed by atoms with Gasteiger partial charge in [-0.25, -0.2) is 4.79 Å². The summed E-state index contributed by atoms with van der Waals surface area (Å²) in [6.45, 7) is 1.08. The number of anilines is 1. The van der Waals surface area contributed by atoms with E-state index in [0.717, 1.165) is 36.8 Å². The number of hydrogen-bond acceptors (Lipinski definition) is 6. The van der Waals surface area contributed by atoms with Crippen molar-refractivity contribution in [3.05, 3.63) is 102 Å². The second-order valence-corrected chi connectivity index (χ2v) is 10.4. The molecule has 0 unspecified atom stereocenters. The van der Waals surface area contributed by atoms with E-state index in [4.69, 9.17) is 9.47 Å². The van der Waals surface area contributed by atoms with Crippen molar-refractivity contribution in [3.8, 4) is 0 Å². The van der Waals surface area contributed by atoms with E-state index in [1.54, 1.807) is 24.3 Å². The second-order valence-electron chi connectivity index (χ2n) is 10.4. The van der Waals surface area contributed by atoms with Crippen LogP contribution in [0.3, 0.4) is 0 Å². The standard InChI is InChI=1S/C33H37N3O6/c37-30(41-22-25-8-3-1-4-9-25)18-19-34-31(38)28-12-7-13-29(20-28)36-32(39)27-16-14-24(15-17-27)21-35-33(40)42-23-26-10-5-2-6-11-26/h1-13,20,24,27H,14-19,21-23H2,(H,34,38)(H,35,40)(H,36,39). The van der Waals surface area contributed by atoms with Crippen molar-refractivity contribution in [2.45, 2.75) is 45.3 Å². The van der Waals surface area contributed by atoms with E-state index in [1.807, 2.05) is 60.7 Å². The van der Waals surface area contributed by atoms with Crippen LogP contribution in [0.15, 0.2) is 84.9 Å². The first-order valence-corrected chi connectivity index (χ1v) is 14.3. The Morgan fingerprint density at radius 1 is 0.714 bits per heavy atom. The van der Waals surface area contributed by atoms with Gasteiger partial charge in [0.2, 0.25) is 5.91 Å². The van der Waals surface area contributed by atoms with Crippen LogP contribution in [0.1, 0.15) is 53.6 Å². The fraction of sp³-hybridized carbons (Fsp3) is 0.333. The Morgan fingerprint density at radius 2 is 1.36 bits per heavy atom. The summed E-state index contributed by atoms with van der Waals surface area (Å²) < 4.78 is 10.5. The van der Waals surface area contributed by atoms with Gasteiger partial charge in [-0.05, 0) is 60.9 Å². The minimum Gasteiger partial charge on any atom is -0.461 e. The zero-order valence-corrected chi connectivity index (χ0v) is 23.6. The monoisotopic (exact) mass is 571 g/mol.